The van der Waals surface area contributed by atoms with E-state index in [9.17, 15) is 18.0 Å². The number of ether oxygens (including phenoxy) is 1. The van der Waals surface area contributed by atoms with Crippen molar-refractivity contribution in [3.8, 4) is 0 Å². The summed E-state index contributed by atoms with van der Waals surface area (Å²) in [4.78, 5) is 23.9. The van der Waals surface area contributed by atoms with Crippen LogP contribution in [0.2, 0.25) is 0 Å². The van der Waals surface area contributed by atoms with Crippen LogP contribution in [-0.4, -0.2) is 60.7 Å². The molecule has 0 aromatic carbocycles. The molecule has 0 bridgehead atoms. The number of hydrogen-bond acceptors (Lipinski definition) is 5. The van der Waals surface area contributed by atoms with Crippen LogP contribution in [0.3, 0.4) is 0 Å². The molecule has 18 heavy (non-hydrogen) atoms. The van der Waals surface area contributed by atoms with Crippen LogP contribution >= 0.6 is 0 Å². The van der Waals surface area contributed by atoms with Gasteiger partial charge in [0.15, 0.2) is 15.9 Å². The molecule has 2 heterocycles. The Labute approximate surface area is 105 Å². The molecule has 2 aliphatic rings. The Kier molecular flexibility index (Phi) is 3.58. The molecule has 8 heteroatoms. The van der Waals surface area contributed by atoms with E-state index >= 15 is 0 Å². The van der Waals surface area contributed by atoms with Gasteiger partial charge in [-0.2, -0.15) is 0 Å². The number of nitrogens with zero attached hydrogens (tertiary/aromatic N) is 1. The summed E-state index contributed by atoms with van der Waals surface area (Å²) in [6, 6.07) is -1.20. The van der Waals surface area contributed by atoms with E-state index in [-0.39, 0.29) is 19.0 Å². The largest absolute Gasteiger partial charge is 0.480 e. The van der Waals surface area contributed by atoms with Gasteiger partial charge in [-0.3, -0.25) is 4.79 Å². The zero-order valence-corrected chi connectivity index (χ0v) is 10.6. The number of amides is 1. The molecule has 102 valence electrons. The molecule has 2 rings (SSSR count). The van der Waals surface area contributed by atoms with Crippen LogP contribution in [0.5, 0.6) is 0 Å². The fourth-order valence-corrected chi connectivity index (χ4v) is 4.40. The molecular formula is C10H15NO6S. The lowest BCUT2D eigenvalue weighted by atomic mass is 10.1. The van der Waals surface area contributed by atoms with Gasteiger partial charge in [0.2, 0.25) is 5.91 Å². The molecule has 0 aromatic rings. The highest BCUT2D eigenvalue weighted by Gasteiger charge is 2.44. The summed E-state index contributed by atoms with van der Waals surface area (Å²) in [5, 5.41) is 8.05. The lowest BCUT2D eigenvalue weighted by Crippen LogP contribution is -2.60. The van der Waals surface area contributed by atoms with Crippen molar-refractivity contribution in [2.75, 3.05) is 19.0 Å². The second kappa shape index (κ2) is 4.85. The Balaban J connectivity index is 2.32. The minimum Gasteiger partial charge on any atom is -0.480 e. The highest BCUT2D eigenvalue weighted by Crippen LogP contribution is 2.26. The van der Waals surface area contributed by atoms with Crippen LogP contribution in [0, 0.1) is 0 Å². The molecule has 0 radical (unpaired) electrons. The van der Waals surface area contributed by atoms with E-state index in [0.29, 0.717) is 19.3 Å². The fourth-order valence-electron chi connectivity index (χ4n) is 2.39. The summed E-state index contributed by atoms with van der Waals surface area (Å²) in [5.41, 5.74) is 0. The lowest BCUT2D eigenvalue weighted by Gasteiger charge is -2.39. The molecule has 2 aliphatic heterocycles. The van der Waals surface area contributed by atoms with Gasteiger partial charge >= 0.3 is 5.97 Å². The molecule has 1 N–H and O–H groups in total. The maximum Gasteiger partial charge on any atom is 0.328 e. The third-order valence-electron chi connectivity index (χ3n) is 3.26. The van der Waals surface area contributed by atoms with E-state index in [1.54, 1.807) is 0 Å². The Morgan fingerprint density at radius 2 is 2.11 bits per heavy atom. The monoisotopic (exact) mass is 277 g/mol. The third-order valence-corrected chi connectivity index (χ3v) is 5.41. The summed E-state index contributed by atoms with van der Waals surface area (Å²) in [6.45, 7) is -0.414. The number of morpholine rings is 1. The van der Waals surface area contributed by atoms with Gasteiger partial charge < -0.3 is 14.7 Å². The molecule has 2 unspecified atom stereocenters. The fraction of sp³-hybridized carbons (Fsp3) is 0.800. The molecule has 7 nitrogen and oxygen atoms in total. The molecule has 2 fully saturated rings. The second-order valence-electron chi connectivity index (χ2n) is 4.49. The Morgan fingerprint density at radius 1 is 1.39 bits per heavy atom. The standard InChI is InChI=1S/C10H15NO6S/c12-8-6-17-5-7(10(13)14)11(8)9-3-1-2-4-18(9,15)16/h7,9H,1-6H2,(H,13,14). The van der Waals surface area contributed by atoms with Crippen LogP contribution in [0.25, 0.3) is 0 Å². The number of carboxylic acids is 1. The maximum absolute atomic E-state index is 12.0. The first kappa shape index (κ1) is 13.3. The highest BCUT2D eigenvalue weighted by atomic mass is 32.2. The van der Waals surface area contributed by atoms with Crippen LogP contribution in [0.15, 0.2) is 0 Å². The van der Waals surface area contributed by atoms with Gasteiger partial charge in [-0.1, -0.05) is 0 Å². The third kappa shape index (κ3) is 2.35. The van der Waals surface area contributed by atoms with Gasteiger partial charge in [0.1, 0.15) is 12.0 Å². The van der Waals surface area contributed by atoms with Gasteiger partial charge in [-0.25, -0.2) is 13.2 Å². The maximum atomic E-state index is 12.0. The van der Waals surface area contributed by atoms with Crippen molar-refractivity contribution in [1.82, 2.24) is 4.90 Å². The number of sulfone groups is 1. The van der Waals surface area contributed by atoms with Gasteiger partial charge in [0, 0.05) is 0 Å². The van der Waals surface area contributed by atoms with E-state index in [1.807, 2.05) is 0 Å². The van der Waals surface area contributed by atoms with Gasteiger partial charge in [0.25, 0.3) is 0 Å². The molecular weight excluding hydrogens is 262 g/mol. The SMILES string of the molecule is O=C(O)C1COCC(=O)N1C1CCCCS1(=O)=O. The zero-order chi connectivity index (χ0) is 13.3. The molecule has 0 spiro atoms. The Bertz CT molecular complexity index is 459. The zero-order valence-electron chi connectivity index (χ0n) is 9.74. The minimum atomic E-state index is -3.44. The van der Waals surface area contributed by atoms with E-state index in [4.69, 9.17) is 9.84 Å². The first-order valence-electron chi connectivity index (χ1n) is 5.77. The van der Waals surface area contributed by atoms with Gasteiger partial charge in [-0.05, 0) is 19.3 Å². The lowest BCUT2D eigenvalue weighted by molar-refractivity contribution is -0.163. The van der Waals surface area contributed by atoms with Crippen LogP contribution in [-0.2, 0) is 24.2 Å². The van der Waals surface area contributed by atoms with Gasteiger partial charge in [0.05, 0.1) is 12.4 Å². The number of carbonyl (C=O) groups is 2. The first-order chi connectivity index (χ1) is 8.43. The minimum absolute atomic E-state index is 0.00857. The number of rotatable bonds is 2. The van der Waals surface area contributed by atoms with Crippen molar-refractivity contribution in [2.45, 2.75) is 30.7 Å². The van der Waals surface area contributed by atoms with E-state index < -0.39 is 33.1 Å². The molecule has 0 aromatic heterocycles. The van der Waals surface area contributed by atoms with Crippen molar-refractivity contribution in [2.24, 2.45) is 0 Å². The number of carboxylic acid groups (broad SMARTS) is 1. The van der Waals surface area contributed by atoms with Crippen LogP contribution < -0.4 is 0 Å². The van der Waals surface area contributed by atoms with Crippen LogP contribution in [0.1, 0.15) is 19.3 Å². The topological polar surface area (TPSA) is 101 Å². The average molecular weight is 277 g/mol. The van der Waals surface area contributed by atoms with Crippen LogP contribution in [0.4, 0.5) is 0 Å². The van der Waals surface area contributed by atoms with E-state index in [1.165, 1.54) is 0 Å². The normalized spacial score (nSPS) is 32.2. The summed E-state index contributed by atoms with van der Waals surface area (Å²) < 4.78 is 28.8. The first-order valence-corrected chi connectivity index (χ1v) is 7.48. The smallest absolute Gasteiger partial charge is 0.328 e. The second-order valence-corrected chi connectivity index (χ2v) is 6.77. The molecule has 1 amide bonds. The number of carbonyl (C=O) groups excluding carboxylic acids is 1. The van der Waals surface area contributed by atoms with Crippen molar-refractivity contribution in [3.05, 3.63) is 0 Å². The molecule has 2 atom stereocenters. The Morgan fingerprint density at radius 3 is 2.72 bits per heavy atom. The van der Waals surface area contributed by atoms with Gasteiger partial charge in [-0.15, -0.1) is 0 Å². The summed E-state index contributed by atoms with van der Waals surface area (Å²) in [7, 11) is -3.44. The van der Waals surface area contributed by atoms with Crippen molar-refractivity contribution < 1.29 is 27.9 Å². The number of hydrogen-bond donors (Lipinski definition) is 1. The molecule has 0 aliphatic carbocycles. The summed E-state index contributed by atoms with van der Waals surface area (Å²) in [5.74, 6) is -1.79. The summed E-state index contributed by atoms with van der Waals surface area (Å²) >= 11 is 0. The van der Waals surface area contributed by atoms with E-state index in [0.717, 1.165) is 4.90 Å². The highest BCUT2D eigenvalue weighted by molar-refractivity contribution is 7.92. The van der Waals surface area contributed by atoms with Crippen molar-refractivity contribution in [1.29, 1.82) is 0 Å². The quantitative estimate of drug-likeness (QED) is 0.710. The van der Waals surface area contributed by atoms with E-state index in [2.05, 4.69) is 0 Å². The molecule has 2 saturated heterocycles. The molecule has 0 saturated carbocycles. The predicted octanol–water partition coefficient (Wildman–Crippen LogP) is -0.777. The van der Waals surface area contributed by atoms with Crippen molar-refractivity contribution in [3.63, 3.8) is 0 Å². The average Bonchev–Trinajstić information content (AvgIpc) is 2.29. The van der Waals surface area contributed by atoms with Crippen molar-refractivity contribution >= 4 is 21.7 Å². The number of aliphatic carboxylic acids is 1. The summed E-state index contributed by atoms with van der Waals surface area (Å²) in [6.07, 6.45) is 1.55. The predicted molar refractivity (Wildman–Crippen MR) is 60.5 cm³/mol. The Hall–Kier alpha value is -1.15.